The van der Waals surface area contributed by atoms with Gasteiger partial charge in [-0.25, -0.2) is 0 Å². The molecule has 0 saturated heterocycles. The summed E-state index contributed by atoms with van der Waals surface area (Å²) in [6.07, 6.45) is 6.96. The average molecular weight is 337 g/mol. The summed E-state index contributed by atoms with van der Waals surface area (Å²) in [7, 11) is 0. The van der Waals surface area contributed by atoms with Gasteiger partial charge in [-0.1, -0.05) is 12.8 Å². The highest BCUT2D eigenvalue weighted by atomic mass is 127. The monoisotopic (exact) mass is 337 g/mol. The molecular formula is C12H24IN3. The van der Waals surface area contributed by atoms with Crippen LogP contribution in [0, 0.1) is 11.8 Å². The Hall–Kier alpha value is 0. The molecule has 0 aromatic carbocycles. The smallest absolute Gasteiger partial charge is 0.191 e. The van der Waals surface area contributed by atoms with Gasteiger partial charge in [0.05, 0.1) is 0 Å². The highest BCUT2D eigenvalue weighted by Crippen LogP contribution is 2.31. The van der Waals surface area contributed by atoms with Gasteiger partial charge < -0.3 is 10.6 Å². The van der Waals surface area contributed by atoms with Gasteiger partial charge >= 0.3 is 0 Å². The van der Waals surface area contributed by atoms with Crippen molar-refractivity contribution < 1.29 is 0 Å². The van der Waals surface area contributed by atoms with Crippen molar-refractivity contribution >= 4 is 29.9 Å². The van der Waals surface area contributed by atoms with Crippen molar-refractivity contribution in [2.24, 2.45) is 16.8 Å². The lowest BCUT2D eigenvalue weighted by atomic mass is 10.3. The lowest BCUT2D eigenvalue weighted by molar-refractivity contribution is 0.683. The minimum atomic E-state index is 0. The molecule has 0 atom stereocenters. The van der Waals surface area contributed by atoms with Crippen LogP contribution in [0.2, 0.25) is 0 Å². The minimum absolute atomic E-state index is 0. The lowest BCUT2D eigenvalue weighted by Gasteiger charge is -2.10. The molecule has 0 spiro atoms. The van der Waals surface area contributed by atoms with Crippen molar-refractivity contribution in [1.29, 1.82) is 0 Å². The summed E-state index contributed by atoms with van der Waals surface area (Å²) in [4.78, 5) is 4.59. The van der Waals surface area contributed by atoms with Gasteiger partial charge in [-0.2, -0.15) is 0 Å². The number of nitrogens with one attached hydrogen (secondary N) is 2. The Morgan fingerprint density at radius 1 is 1.12 bits per heavy atom. The van der Waals surface area contributed by atoms with Crippen LogP contribution in [0.1, 0.15) is 39.0 Å². The third kappa shape index (κ3) is 5.92. The molecular weight excluding hydrogens is 313 g/mol. The molecule has 2 aliphatic carbocycles. The van der Waals surface area contributed by atoms with E-state index >= 15 is 0 Å². The molecule has 0 bridgehead atoms. The van der Waals surface area contributed by atoms with E-state index in [0.29, 0.717) is 0 Å². The predicted molar refractivity (Wildman–Crippen MR) is 79.5 cm³/mol. The van der Waals surface area contributed by atoms with E-state index in [1.165, 1.54) is 32.1 Å². The largest absolute Gasteiger partial charge is 0.357 e. The lowest BCUT2D eigenvalue weighted by Crippen LogP contribution is -2.38. The zero-order chi connectivity index (χ0) is 10.5. The van der Waals surface area contributed by atoms with E-state index in [2.05, 4.69) is 22.5 Å². The first-order valence-corrected chi connectivity index (χ1v) is 6.40. The molecule has 0 amide bonds. The number of guanidine groups is 1. The van der Waals surface area contributed by atoms with Crippen molar-refractivity contribution in [2.75, 3.05) is 19.6 Å². The summed E-state index contributed by atoms with van der Waals surface area (Å²) in [5.74, 6) is 2.90. The average Bonchev–Trinajstić information content (AvgIpc) is 3.08. The Morgan fingerprint density at radius 3 is 2.38 bits per heavy atom. The van der Waals surface area contributed by atoms with E-state index in [1.807, 2.05) is 0 Å². The van der Waals surface area contributed by atoms with Crippen LogP contribution in [-0.2, 0) is 0 Å². The Kier molecular flexibility index (Phi) is 6.46. The predicted octanol–water partition coefficient (Wildman–Crippen LogP) is 2.37. The van der Waals surface area contributed by atoms with Crippen molar-refractivity contribution in [3.05, 3.63) is 0 Å². The molecule has 0 heterocycles. The molecule has 0 radical (unpaired) electrons. The van der Waals surface area contributed by atoms with Crippen LogP contribution in [0.5, 0.6) is 0 Å². The van der Waals surface area contributed by atoms with Crippen molar-refractivity contribution in [2.45, 2.75) is 39.0 Å². The molecule has 2 fully saturated rings. The van der Waals surface area contributed by atoms with Crippen LogP contribution < -0.4 is 10.6 Å². The summed E-state index contributed by atoms with van der Waals surface area (Å²) in [6, 6.07) is 0. The van der Waals surface area contributed by atoms with E-state index in [1.54, 1.807) is 0 Å². The van der Waals surface area contributed by atoms with Crippen LogP contribution in [0.3, 0.4) is 0 Å². The van der Waals surface area contributed by atoms with Gasteiger partial charge in [0.15, 0.2) is 5.96 Å². The molecule has 2 rings (SSSR count). The standard InChI is InChI=1S/C12H23N3.HI/c1-2-13-12(15-9-11-5-6-11)14-8-7-10-3-4-10;/h10-11H,2-9H2,1H3,(H2,13,14,15);1H. The molecule has 3 nitrogen and oxygen atoms in total. The highest BCUT2D eigenvalue weighted by Gasteiger charge is 2.21. The maximum Gasteiger partial charge on any atom is 0.191 e. The SMILES string of the molecule is CCNC(=NCC1CC1)NCCC1CC1.I. The fourth-order valence-corrected chi connectivity index (χ4v) is 1.66. The topological polar surface area (TPSA) is 36.4 Å². The van der Waals surface area contributed by atoms with Crippen LogP contribution in [-0.4, -0.2) is 25.6 Å². The van der Waals surface area contributed by atoms with Gasteiger partial charge in [-0.15, -0.1) is 24.0 Å². The van der Waals surface area contributed by atoms with E-state index in [-0.39, 0.29) is 24.0 Å². The molecule has 0 aromatic heterocycles. The van der Waals surface area contributed by atoms with Gasteiger partial charge in [0, 0.05) is 19.6 Å². The van der Waals surface area contributed by atoms with Crippen LogP contribution >= 0.6 is 24.0 Å². The quantitative estimate of drug-likeness (QED) is 0.444. The molecule has 4 heteroatoms. The van der Waals surface area contributed by atoms with Crippen LogP contribution in [0.15, 0.2) is 4.99 Å². The first kappa shape index (κ1) is 14.1. The number of nitrogens with zero attached hydrogens (tertiary/aromatic N) is 1. The van der Waals surface area contributed by atoms with Gasteiger partial charge in [0.1, 0.15) is 0 Å². The van der Waals surface area contributed by atoms with E-state index in [0.717, 1.165) is 37.4 Å². The number of hydrogen-bond acceptors (Lipinski definition) is 1. The zero-order valence-corrected chi connectivity index (χ0v) is 12.5. The Bertz CT molecular complexity index is 222. The first-order chi connectivity index (χ1) is 7.38. The van der Waals surface area contributed by atoms with E-state index in [9.17, 15) is 0 Å². The van der Waals surface area contributed by atoms with E-state index < -0.39 is 0 Å². The van der Waals surface area contributed by atoms with Crippen LogP contribution in [0.25, 0.3) is 0 Å². The summed E-state index contributed by atoms with van der Waals surface area (Å²) >= 11 is 0. The highest BCUT2D eigenvalue weighted by molar-refractivity contribution is 14.0. The maximum absolute atomic E-state index is 4.59. The number of rotatable bonds is 6. The van der Waals surface area contributed by atoms with Crippen molar-refractivity contribution in [1.82, 2.24) is 10.6 Å². The molecule has 0 unspecified atom stereocenters. The van der Waals surface area contributed by atoms with E-state index in [4.69, 9.17) is 0 Å². The fourth-order valence-electron chi connectivity index (χ4n) is 1.66. The van der Waals surface area contributed by atoms with Gasteiger partial charge in [0.2, 0.25) is 0 Å². The van der Waals surface area contributed by atoms with Gasteiger partial charge in [-0.3, -0.25) is 4.99 Å². The Morgan fingerprint density at radius 2 is 1.81 bits per heavy atom. The molecule has 2 saturated carbocycles. The molecule has 0 aliphatic heterocycles. The normalized spacial score (nSPS) is 20.2. The zero-order valence-electron chi connectivity index (χ0n) is 10.2. The summed E-state index contributed by atoms with van der Waals surface area (Å²) in [5.41, 5.74) is 0. The van der Waals surface area contributed by atoms with Crippen molar-refractivity contribution in [3.8, 4) is 0 Å². The summed E-state index contributed by atoms with van der Waals surface area (Å²) in [6.45, 7) is 5.18. The molecule has 2 N–H and O–H groups in total. The second-order valence-corrected chi connectivity index (χ2v) is 4.82. The molecule has 0 aromatic rings. The third-order valence-electron chi connectivity index (χ3n) is 3.09. The summed E-state index contributed by atoms with van der Waals surface area (Å²) < 4.78 is 0. The Balaban J connectivity index is 0.00000128. The summed E-state index contributed by atoms with van der Waals surface area (Å²) in [5, 5.41) is 6.71. The number of aliphatic imine (C=N–C) groups is 1. The second kappa shape index (κ2) is 7.35. The third-order valence-corrected chi connectivity index (χ3v) is 3.09. The minimum Gasteiger partial charge on any atom is -0.357 e. The van der Waals surface area contributed by atoms with Crippen LogP contribution in [0.4, 0.5) is 0 Å². The molecule has 2 aliphatic rings. The van der Waals surface area contributed by atoms with Gasteiger partial charge in [0.25, 0.3) is 0 Å². The number of halogens is 1. The van der Waals surface area contributed by atoms with Crippen molar-refractivity contribution in [3.63, 3.8) is 0 Å². The first-order valence-electron chi connectivity index (χ1n) is 6.40. The molecule has 94 valence electrons. The fraction of sp³-hybridized carbons (Fsp3) is 0.917. The maximum atomic E-state index is 4.59. The number of hydrogen-bond donors (Lipinski definition) is 2. The molecule has 16 heavy (non-hydrogen) atoms. The second-order valence-electron chi connectivity index (χ2n) is 4.82. The van der Waals surface area contributed by atoms with Gasteiger partial charge in [-0.05, 0) is 38.0 Å². The Labute approximate surface area is 116 Å².